The molecule has 1 aliphatic heterocycles. The van der Waals surface area contributed by atoms with Crippen molar-refractivity contribution in [3.8, 4) is 11.8 Å². The fourth-order valence-corrected chi connectivity index (χ4v) is 4.04. The molecule has 1 aromatic carbocycles. The molecule has 0 atom stereocenters. The average molecular weight is 453 g/mol. The zero-order valence-electron chi connectivity index (χ0n) is 19.6. The van der Waals surface area contributed by atoms with E-state index < -0.39 is 8.32 Å². The Labute approximate surface area is 191 Å². The van der Waals surface area contributed by atoms with Crippen molar-refractivity contribution in [3.63, 3.8) is 0 Å². The van der Waals surface area contributed by atoms with E-state index in [4.69, 9.17) is 14.4 Å². The summed E-state index contributed by atoms with van der Waals surface area (Å²) in [4.78, 5) is 19.9. The quantitative estimate of drug-likeness (QED) is 0.617. The number of hydrogen-bond donors (Lipinski definition) is 0. The van der Waals surface area contributed by atoms with Gasteiger partial charge in [0.15, 0.2) is 14.1 Å². The summed E-state index contributed by atoms with van der Waals surface area (Å²) in [5, 5.41) is 9.22. The van der Waals surface area contributed by atoms with E-state index in [-0.39, 0.29) is 10.6 Å². The summed E-state index contributed by atoms with van der Waals surface area (Å²) in [6.07, 6.45) is 5.59. The maximum absolute atomic E-state index is 13.3. The molecule has 0 amide bonds. The van der Waals surface area contributed by atoms with Gasteiger partial charge in [-0.05, 0) is 48.5 Å². The van der Waals surface area contributed by atoms with Crippen LogP contribution in [0.25, 0.3) is 11.8 Å². The number of anilines is 1. The predicted molar refractivity (Wildman–Crippen MR) is 130 cm³/mol. The molecular formula is C24H32N4O3Si. The molecule has 8 heteroatoms. The first-order valence-corrected chi connectivity index (χ1v) is 13.8. The Hall–Kier alpha value is -2.73. The summed E-state index contributed by atoms with van der Waals surface area (Å²) in [7, 11) is -1.84. The van der Waals surface area contributed by atoms with E-state index in [9.17, 15) is 4.79 Å². The third-order valence-electron chi connectivity index (χ3n) is 6.13. The largest absolute Gasteiger partial charge is 0.413 e. The van der Waals surface area contributed by atoms with Crippen LogP contribution in [-0.2, 0) is 9.16 Å². The van der Waals surface area contributed by atoms with E-state index in [1.807, 2.05) is 17.1 Å². The molecule has 0 radical (unpaired) electrons. The predicted octanol–water partition coefficient (Wildman–Crippen LogP) is 3.98. The summed E-state index contributed by atoms with van der Waals surface area (Å²) in [5.74, 6) is 0.408. The Balaban J connectivity index is 1.93. The number of morpholine rings is 1. The van der Waals surface area contributed by atoms with Crippen molar-refractivity contribution < 1.29 is 9.16 Å². The summed E-state index contributed by atoms with van der Waals surface area (Å²) in [5.41, 5.74) is 1.73. The number of hydrogen-bond acceptors (Lipinski definition) is 6. The van der Waals surface area contributed by atoms with Crippen molar-refractivity contribution in [1.29, 1.82) is 5.26 Å². The maximum atomic E-state index is 13.3. The summed E-state index contributed by atoms with van der Waals surface area (Å²) in [6.45, 7) is 14.0. The second kappa shape index (κ2) is 9.82. The number of ether oxygens (including phenoxy) is 1. The van der Waals surface area contributed by atoms with Gasteiger partial charge in [0.25, 0.3) is 5.56 Å². The molecular weight excluding hydrogens is 420 g/mol. The zero-order chi connectivity index (χ0) is 23.4. The van der Waals surface area contributed by atoms with Crippen LogP contribution in [0.4, 0.5) is 5.82 Å². The van der Waals surface area contributed by atoms with Gasteiger partial charge in [-0.15, -0.1) is 0 Å². The van der Waals surface area contributed by atoms with Crippen molar-refractivity contribution in [3.05, 3.63) is 58.1 Å². The van der Waals surface area contributed by atoms with E-state index in [0.29, 0.717) is 55.7 Å². The topological polar surface area (TPSA) is 80.4 Å². The Morgan fingerprint density at radius 2 is 1.88 bits per heavy atom. The molecule has 1 aromatic heterocycles. The van der Waals surface area contributed by atoms with Gasteiger partial charge in [-0.2, -0.15) is 5.26 Å². The van der Waals surface area contributed by atoms with E-state index in [0.717, 1.165) is 0 Å². The first-order chi connectivity index (χ1) is 15.1. The lowest BCUT2D eigenvalue weighted by atomic mass is 10.2. The van der Waals surface area contributed by atoms with Gasteiger partial charge in [-0.25, -0.2) is 4.98 Å². The Morgan fingerprint density at radius 3 is 2.47 bits per heavy atom. The fourth-order valence-electron chi connectivity index (χ4n) is 3.09. The Kier molecular flexibility index (Phi) is 7.34. The SMILES string of the molecule is CC(C)(C)[Si](C)(C)OC/C=C/c1cn(-c2ccc(C#N)cc2)c(=O)c(N2CCOCC2)n1. The molecule has 1 saturated heterocycles. The third kappa shape index (κ3) is 5.54. The lowest BCUT2D eigenvalue weighted by Gasteiger charge is -2.35. The van der Waals surface area contributed by atoms with Crippen LogP contribution in [0.15, 0.2) is 41.3 Å². The van der Waals surface area contributed by atoms with Gasteiger partial charge < -0.3 is 14.1 Å². The van der Waals surface area contributed by atoms with Gasteiger partial charge >= 0.3 is 0 Å². The van der Waals surface area contributed by atoms with Gasteiger partial charge in [0.05, 0.1) is 37.1 Å². The summed E-state index contributed by atoms with van der Waals surface area (Å²) >= 11 is 0. The molecule has 0 N–H and O–H groups in total. The minimum atomic E-state index is -1.84. The third-order valence-corrected chi connectivity index (χ3v) is 10.6. The highest BCUT2D eigenvalue weighted by molar-refractivity contribution is 6.74. The Bertz CT molecular complexity index is 1060. The van der Waals surface area contributed by atoms with E-state index in [1.54, 1.807) is 35.0 Å². The fraction of sp³-hybridized carbons (Fsp3) is 0.458. The molecule has 170 valence electrons. The molecule has 0 spiro atoms. The number of aromatic nitrogens is 2. The number of nitriles is 1. The molecule has 3 rings (SSSR count). The van der Waals surface area contributed by atoms with Gasteiger partial charge in [-0.1, -0.05) is 26.8 Å². The molecule has 0 bridgehead atoms. The second-order valence-corrected chi connectivity index (χ2v) is 14.2. The molecule has 0 unspecified atom stereocenters. The second-order valence-electron chi connectivity index (χ2n) is 9.40. The van der Waals surface area contributed by atoms with Gasteiger partial charge in [0, 0.05) is 25.0 Å². The summed E-state index contributed by atoms with van der Waals surface area (Å²) in [6, 6.07) is 9.07. The highest BCUT2D eigenvalue weighted by Crippen LogP contribution is 2.36. The molecule has 1 fully saturated rings. The van der Waals surface area contributed by atoms with E-state index in [2.05, 4.69) is 44.9 Å². The Morgan fingerprint density at radius 1 is 1.22 bits per heavy atom. The number of benzene rings is 1. The van der Waals surface area contributed by atoms with Crippen molar-refractivity contribution in [2.24, 2.45) is 0 Å². The first kappa shape index (κ1) is 23.9. The van der Waals surface area contributed by atoms with E-state index in [1.165, 1.54) is 0 Å². The standard InChI is InChI=1S/C24H32N4O3Si/c1-24(2,3)32(4,5)31-14-6-7-20-18-28(21-10-8-19(17-25)9-11-21)23(29)22(26-20)27-12-15-30-16-13-27/h6-11,18H,12-16H2,1-5H3/b7-6+. The molecule has 2 heterocycles. The normalized spacial score (nSPS) is 15.2. The van der Waals surface area contributed by atoms with Crippen molar-refractivity contribution in [2.75, 3.05) is 37.8 Å². The molecule has 7 nitrogen and oxygen atoms in total. The lowest BCUT2D eigenvalue weighted by molar-refractivity contribution is 0.122. The van der Waals surface area contributed by atoms with Crippen LogP contribution in [0.3, 0.4) is 0 Å². The van der Waals surface area contributed by atoms with Crippen molar-refractivity contribution >= 4 is 20.2 Å². The van der Waals surface area contributed by atoms with Crippen molar-refractivity contribution in [2.45, 2.75) is 38.9 Å². The van der Waals surface area contributed by atoms with Crippen LogP contribution in [0, 0.1) is 11.3 Å². The van der Waals surface area contributed by atoms with Gasteiger partial charge in [0.2, 0.25) is 0 Å². The lowest BCUT2D eigenvalue weighted by Crippen LogP contribution is -2.41. The molecule has 0 saturated carbocycles. The molecule has 32 heavy (non-hydrogen) atoms. The number of nitrogens with zero attached hydrogens (tertiary/aromatic N) is 4. The van der Waals surface area contributed by atoms with Crippen LogP contribution < -0.4 is 10.5 Å². The van der Waals surface area contributed by atoms with Crippen LogP contribution >= 0.6 is 0 Å². The highest BCUT2D eigenvalue weighted by atomic mass is 28.4. The smallest absolute Gasteiger partial charge is 0.298 e. The minimum absolute atomic E-state index is 0.144. The molecule has 1 aliphatic rings. The number of rotatable bonds is 6. The van der Waals surface area contributed by atoms with Gasteiger partial charge in [-0.3, -0.25) is 9.36 Å². The molecule has 2 aromatic rings. The average Bonchev–Trinajstić information content (AvgIpc) is 2.77. The highest BCUT2D eigenvalue weighted by Gasteiger charge is 2.36. The monoisotopic (exact) mass is 452 g/mol. The van der Waals surface area contributed by atoms with E-state index >= 15 is 0 Å². The minimum Gasteiger partial charge on any atom is -0.413 e. The van der Waals surface area contributed by atoms with Crippen molar-refractivity contribution in [1.82, 2.24) is 9.55 Å². The maximum Gasteiger partial charge on any atom is 0.298 e. The van der Waals surface area contributed by atoms with Gasteiger partial charge in [0.1, 0.15) is 0 Å². The van der Waals surface area contributed by atoms with Crippen LogP contribution in [0.2, 0.25) is 18.1 Å². The first-order valence-electron chi connectivity index (χ1n) is 10.9. The molecule has 0 aliphatic carbocycles. The summed E-state index contributed by atoms with van der Waals surface area (Å²) < 4.78 is 13.2. The van der Waals surface area contributed by atoms with Crippen LogP contribution in [0.1, 0.15) is 32.0 Å². The van der Waals surface area contributed by atoms with Crippen LogP contribution in [-0.4, -0.2) is 50.8 Å². The zero-order valence-corrected chi connectivity index (χ0v) is 20.6. The van der Waals surface area contributed by atoms with Crippen LogP contribution in [0.5, 0.6) is 0 Å².